The summed E-state index contributed by atoms with van der Waals surface area (Å²) in [6.45, 7) is 3.53. The summed E-state index contributed by atoms with van der Waals surface area (Å²) in [5, 5.41) is 14.6. The predicted octanol–water partition coefficient (Wildman–Crippen LogP) is 1.23. The van der Waals surface area contributed by atoms with Crippen LogP contribution in [0, 0.1) is 6.92 Å². The molecule has 7 nitrogen and oxygen atoms in total. The van der Waals surface area contributed by atoms with Crippen molar-refractivity contribution in [2.45, 2.75) is 26.6 Å². The van der Waals surface area contributed by atoms with E-state index in [1.807, 2.05) is 49.4 Å². The Hall–Kier alpha value is -3.19. The van der Waals surface area contributed by atoms with E-state index in [-0.39, 0.29) is 6.61 Å². The first-order valence-corrected chi connectivity index (χ1v) is 8.12. The Morgan fingerprint density at radius 1 is 1.19 bits per heavy atom. The largest absolute Gasteiger partial charge is 0.445 e. The third kappa shape index (κ3) is 3.57. The molecule has 0 radical (unpaired) electrons. The first-order chi connectivity index (χ1) is 12.5. The fraction of sp³-hybridized carbons (Fsp3) is 0.211. The predicted molar refractivity (Wildman–Crippen MR) is 93.2 cm³/mol. The SMILES string of the molecule is CC1=c2cccc(C)c2=NC(=O)C(NC(=O)OCc2ccccc2)N1O. The molecule has 26 heavy (non-hydrogen) atoms. The number of para-hydroxylation sites is 1. The molecule has 7 heteroatoms. The summed E-state index contributed by atoms with van der Waals surface area (Å²) < 4.78 is 5.11. The first-order valence-electron chi connectivity index (χ1n) is 8.12. The van der Waals surface area contributed by atoms with E-state index in [1.54, 1.807) is 13.0 Å². The summed E-state index contributed by atoms with van der Waals surface area (Å²) in [5.74, 6) is -0.684. The Morgan fingerprint density at radius 2 is 1.92 bits per heavy atom. The van der Waals surface area contributed by atoms with Crippen molar-refractivity contribution in [2.75, 3.05) is 0 Å². The Labute approximate surface area is 150 Å². The van der Waals surface area contributed by atoms with Gasteiger partial charge in [0.2, 0.25) is 6.17 Å². The number of amides is 2. The van der Waals surface area contributed by atoms with E-state index in [2.05, 4.69) is 10.3 Å². The fourth-order valence-electron chi connectivity index (χ4n) is 2.69. The molecule has 2 amide bonds. The van der Waals surface area contributed by atoms with Crippen LogP contribution in [0.4, 0.5) is 4.79 Å². The minimum atomic E-state index is -1.36. The summed E-state index contributed by atoms with van der Waals surface area (Å²) >= 11 is 0. The molecule has 3 rings (SSSR count). The molecule has 1 atom stereocenters. The second kappa shape index (κ2) is 7.37. The molecular weight excluding hydrogens is 334 g/mol. The lowest BCUT2D eigenvalue weighted by Crippen LogP contribution is -2.50. The number of nitrogens with one attached hydrogen (secondary N) is 1. The van der Waals surface area contributed by atoms with Crippen LogP contribution in [0.1, 0.15) is 18.1 Å². The Balaban J connectivity index is 1.80. The molecule has 2 aromatic rings. The lowest BCUT2D eigenvalue weighted by molar-refractivity contribution is -0.138. The molecule has 0 spiro atoms. The third-order valence-electron chi connectivity index (χ3n) is 4.14. The summed E-state index contributed by atoms with van der Waals surface area (Å²) in [4.78, 5) is 28.6. The number of nitrogens with zero attached hydrogens (tertiary/aromatic N) is 2. The number of benzene rings is 2. The highest BCUT2D eigenvalue weighted by atomic mass is 16.6. The third-order valence-corrected chi connectivity index (χ3v) is 4.14. The van der Waals surface area contributed by atoms with E-state index in [0.717, 1.165) is 11.1 Å². The quantitative estimate of drug-likeness (QED) is 0.866. The van der Waals surface area contributed by atoms with E-state index in [0.29, 0.717) is 21.3 Å². The number of hydroxylamine groups is 2. The summed E-state index contributed by atoms with van der Waals surface area (Å²) in [7, 11) is 0. The van der Waals surface area contributed by atoms with Gasteiger partial charge in [-0.3, -0.25) is 15.3 Å². The van der Waals surface area contributed by atoms with Gasteiger partial charge in [0.1, 0.15) is 6.61 Å². The minimum absolute atomic E-state index is 0.0538. The zero-order valence-electron chi connectivity index (χ0n) is 14.5. The number of aryl methyl sites for hydroxylation is 1. The highest BCUT2D eigenvalue weighted by Crippen LogP contribution is 2.08. The molecule has 1 aliphatic heterocycles. The molecule has 2 aromatic carbocycles. The Kier molecular flexibility index (Phi) is 4.99. The van der Waals surface area contributed by atoms with E-state index in [1.165, 1.54) is 0 Å². The van der Waals surface area contributed by atoms with Crippen LogP contribution in [0.25, 0.3) is 5.70 Å². The molecule has 1 unspecified atom stereocenters. The van der Waals surface area contributed by atoms with Crippen LogP contribution in [-0.4, -0.2) is 28.4 Å². The first kappa shape index (κ1) is 17.6. The van der Waals surface area contributed by atoms with Gasteiger partial charge >= 0.3 is 6.09 Å². The molecular formula is C19H19N3O4. The number of carbonyl (C=O) groups is 2. The van der Waals surface area contributed by atoms with Gasteiger partial charge in [0, 0.05) is 5.22 Å². The van der Waals surface area contributed by atoms with Crippen LogP contribution >= 0.6 is 0 Å². The standard InChI is InChI=1S/C19H19N3O4/c1-12-7-6-10-15-13(2)22(25)17(18(23)20-16(12)15)21-19(24)26-11-14-8-4-3-5-9-14/h3-10,17,25H,11H2,1-2H3,(H,21,24). The lowest BCUT2D eigenvalue weighted by atomic mass is 10.1. The minimum Gasteiger partial charge on any atom is -0.445 e. The number of fused-ring (bicyclic) bond motifs is 1. The van der Waals surface area contributed by atoms with Crippen molar-refractivity contribution in [3.8, 4) is 0 Å². The number of hydrogen-bond donors (Lipinski definition) is 2. The molecule has 134 valence electrons. The maximum atomic E-state index is 12.4. The second-order valence-corrected chi connectivity index (χ2v) is 5.96. The number of hydrogen-bond acceptors (Lipinski definition) is 5. The maximum Gasteiger partial charge on any atom is 0.409 e. The Bertz CT molecular complexity index is 956. The van der Waals surface area contributed by atoms with Crippen LogP contribution in [0.15, 0.2) is 53.5 Å². The fourth-order valence-corrected chi connectivity index (χ4v) is 2.69. The molecule has 0 saturated heterocycles. The Morgan fingerprint density at radius 3 is 2.65 bits per heavy atom. The van der Waals surface area contributed by atoms with Crippen molar-refractivity contribution < 1.29 is 19.5 Å². The van der Waals surface area contributed by atoms with Crippen LogP contribution in [0.3, 0.4) is 0 Å². The molecule has 0 saturated carbocycles. The number of ether oxygens (including phenoxy) is 1. The van der Waals surface area contributed by atoms with Gasteiger partial charge in [0.15, 0.2) is 0 Å². The average molecular weight is 353 g/mol. The average Bonchev–Trinajstić information content (AvgIpc) is 2.73. The molecule has 0 aromatic heterocycles. The van der Waals surface area contributed by atoms with Gasteiger partial charge in [0.05, 0.1) is 11.1 Å². The van der Waals surface area contributed by atoms with E-state index < -0.39 is 18.2 Å². The van der Waals surface area contributed by atoms with Gasteiger partial charge in [-0.1, -0.05) is 48.5 Å². The molecule has 0 bridgehead atoms. The topological polar surface area (TPSA) is 91.2 Å². The van der Waals surface area contributed by atoms with Crippen molar-refractivity contribution in [1.82, 2.24) is 10.4 Å². The molecule has 0 fully saturated rings. The highest BCUT2D eigenvalue weighted by molar-refractivity contribution is 5.87. The van der Waals surface area contributed by atoms with Crippen LogP contribution in [0.2, 0.25) is 0 Å². The van der Waals surface area contributed by atoms with E-state index in [9.17, 15) is 14.8 Å². The molecule has 1 heterocycles. The highest BCUT2D eigenvalue weighted by Gasteiger charge is 2.30. The number of carbonyl (C=O) groups excluding carboxylic acids is 2. The zero-order chi connectivity index (χ0) is 18.7. The van der Waals surface area contributed by atoms with E-state index in [4.69, 9.17) is 4.74 Å². The van der Waals surface area contributed by atoms with Gasteiger partial charge in [-0.2, -0.15) is 0 Å². The van der Waals surface area contributed by atoms with Gasteiger partial charge in [-0.25, -0.2) is 14.9 Å². The normalized spacial score (nSPS) is 16.4. The van der Waals surface area contributed by atoms with Crippen molar-refractivity contribution in [3.63, 3.8) is 0 Å². The van der Waals surface area contributed by atoms with Crippen LogP contribution in [0.5, 0.6) is 0 Å². The maximum absolute atomic E-state index is 12.4. The molecule has 1 aliphatic rings. The molecule has 2 N–H and O–H groups in total. The van der Waals surface area contributed by atoms with Gasteiger partial charge in [-0.15, -0.1) is 0 Å². The van der Waals surface area contributed by atoms with Crippen molar-refractivity contribution in [1.29, 1.82) is 0 Å². The monoisotopic (exact) mass is 353 g/mol. The summed E-state index contributed by atoms with van der Waals surface area (Å²) in [6, 6.07) is 14.5. The molecule has 0 aliphatic carbocycles. The lowest BCUT2D eigenvalue weighted by Gasteiger charge is -2.24. The second-order valence-electron chi connectivity index (χ2n) is 5.96. The van der Waals surface area contributed by atoms with Crippen molar-refractivity contribution in [3.05, 3.63) is 70.2 Å². The van der Waals surface area contributed by atoms with Gasteiger partial charge < -0.3 is 4.74 Å². The smallest absolute Gasteiger partial charge is 0.409 e. The summed E-state index contributed by atoms with van der Waals surface area (Å²) in [5.41, 5.74) is 2.02. The van der Waals surface area contributed by atoms with Gasteiger partial charge in [0.25, 0.3) is 5.91 Å². The van der Waals surface area contributed by atoms with Crippen LogP contribution in [-0.2, 0) is 16.1 Å². The number of rotatable bonds is 3. The van der Waals surface area contributed by atoms with E-state index >= 15 is 0 Å². The number of alkyl carbamates (subject to hydrolysis) is 1. The summed E-state index contributed by atoms with van der Waals surface area (Å²) in [6.07, 6.45) is -2.18. The van der Waals surface area contributed by atoms with Crippen molar-refractivity contribution in [2.24, 2.45) is 4.99 Å². The van der Waals surface area contributed by atoms with Crippen molar-refractivity contribution >= 4 is 17.7 Å². The van der Waals surface area contributed by atoms with Crippen LogP contribution < -0.4 is 15.9 Å². The zero-order valence-corrected chi connectivity index (χ0v) is 14.5. The van der Waals surface area contributed by atoms with Gasteiger partial charge in [-0.05, 0) is 25.0 Å².